The van der Waals surface area contributed by atoms with E-state index in [1.54, 1.807) is 11.8 Å². The number of hydrogen-bond acceptors (Lipinski definition) is 6. The normalized spacial score (nSPS) is 19.5. The predicted molar refractivity (Wildman–Crippen MR) is 71.4 cm³/mol. The molecule has 1 N–H and O–H groups in total. The number of aryl methyl sites for hydroxylation is 1. The monoisotopic (exact) mass is 281 g/mol. The molecule has 0 spiro atoms. The van der Waals surface area contributed by atoms with Gasteiger partial charge in [-0.2, -0.15) is 0 Å². The number of carbonyl (C=O) groups is 3. The second kappa shape index (κ2) is 5.08. The highest BCUT2D eigenvalue weighted by molar-refractivity contribution is 7.17. The van der Waals surface area contributed by atoms with Crippen molar-refractivity contribution in [1.82, 2.24) is 10.3 Å². The van der Waals surface area contributed by atoms with Crippen molar-refractivity contribution in [3.05, 3.63) is 10.6 Å². The third-order valence-corrected chi connectivity index (χ3v) is 4.29. The Morgan fingerprint density at radius 2 is 2.21 bits per heavy atom. The number of imide groups is 1. The fourth-order valence-electron chi connectivity index (χ4n) is 2.11. The van der Waals surface area contributed by atoms with Crippen LogP contribution in [0.2, 0.25) is 0 Å². The van der Waals surface area contributed by atoms with Crippen LogP contribution in [0.3, 0.4) is 0 Å². The van der Waals surface area contributed by atoms with Gasteiger partial charge >= 0.3 is 0 Å². The zero-order valence-electron chi connectivity index (χ0n) is 11.0. The van der Waals surface area contributed by atoms with Crippen molar-refractivity contribution in [1.29, 1.82) is 0 Å². The third kappa shape index (κ3) is 2.51. The summed E-state index contributed by atoms with van der Waals surface area (Å²) >= 11 is 1.23. The Labute approximate surface area is 114 Å². The van der Waals surface area contributed by atoms with Crippen LogP contribution in [0.15, 0.2) is 0 Å². The Morgan fingerprint density at radius 1 is 1.53 bits per heavy atom. The molecule has 0 aromatic carbocycles. The van der Waals surface area contributed by atoms with E-state index in [0.29, 0.717) is 22.1 Å². The summed E-state index contributed by atoms with van der Waals surface area (Å²) in [7, 11) is 0. The van der Waals surface area contributed by atoms with Crippen LogP contribution in [-0.2, 0) is 9.59 Å². The maximum atomic E-state index is 11.8. The number of piperazine rings is 1. The Kier molecular flexibility index (Phi) is 3.66. The maximum Gasteiger partial charge on any atom is 0.249 e. The molecule has 1 aliphatic rings. The SMILES string of the molecule is CCC1C(=O)NC(=O)CN1c1nc(C)c(C(C)=O)s1. The summed E-state index contributed by atoms with van der Waals surface area (Å²) in [4.78, 5) is 41.3. The standard InChI is InChI=1S/C12H15N3O3S/c1-4-8-11(18)14-9(17)5-15(8)12-13-6(2)10(19-12)7(3)16/h8H,4-5H2,1-3H3,(H,14,17,18). The maximum absolute atomic E-state index is 11.8. The van der Waals surface area contributed by atoms with E-state index >= 15 is 0 Å². The molecule has 0 saturated carbocycles. The summed E-state index contributed by atoms with van der Waals surface area (Å²) in [5, 5.41) is 2.87. The van der Waals surface area contributed by atoms with Crippen molar-refractivity contribution in [2.75, 3.05) is 11.4 Å². The average Bonchev–Trinajstić information content (AvgIpc) is 2.70. The summed E-state index contributed by atoms with van der Waals surface area (Å²) in [5.41, 5.74) is 0.640. The van der Waals surface area contributed by atoms with Gasteiger partial charge in [0.15, 0.2) is 10.9 Å². The molecule has 1 atom stereocenters. The van der Waals surface area contributed by atoms with Gasteiger partial charge in [0.2, 0.25) is 11.8 Å². The Hall–Kier alpha value is -1.76. The smallest absolute Gasteiger partial charge is 0.249 e. The number of amides is 2. The molecule has 0 radical (unpaired) electrons. The Morgan fingerprint density at radius 3 is 2.74 bits per heavy atom. The number of anilines is 1. The molecular formula is C12H15N3O3S. The molecule has 2 rings (SSSR count). The largest absolute Gasteiger partial charge is 0.327 e. The summed E-state index contributed by atoms with van der Waals surface area (Å²) < 4.78 is 0. The highest BCUT2D eigenvalue weighted by Crippen LogP contribution is 2.29. The van der Waals surface area contributed by atoms with Gasteiger partial charge in [-0.1, -0.05) is 18.3 Å². The zero-order chi connectivity index (χ0) is 14.2. The number of rotatable bonds is 3. The van der Waals surface area contributed by atoms with Crippen molar-refractivity contribution >= 4 is 34.1 Å². The number of carbonyl (C=O) groups excluding carboxylic acids is 3. The van der Waals surface area contributed by atoms with E-state index in [1.807, 2.05) is 6.92 Å². The Bertz CT molecular complexity index is 552. The van der Waals surface area contributed by atoms with Crippen molar-refractivity contribution in [2.24, 2.45) is 0 Å². The fraction of sp³-hybridized carbons (Fsp3) is 0.500. The van der Waals surface area contributed by atoms with Crippen LogP contribution in [0.25, 0.3) is 0 Å². The van der Waals surface area contributed by atoms with E-state index in [0.717, 1.165) is 0 Å². The van der Waals surface area contributed by atoms with Gasteiger partial charge in [-0.05, 0) is 13.3 Å². The summed E-state index contributed by atoms with van der Waals surface area (Å²) in [6, 6.07) is -0.414. The number of nitrogens with zero attached hydrogens (tertiary/aromatic N) is 2. The lowest BCUT2D eigenvalue weighted by Crippen LogP contribution is -2.58. The molecule has 2 amide bonds. The van der Waals surface area contributed by atoms with Crippen LogP contribution in [0, 0.1) is 6.92 Å². The molecule has 1 aromatic heterocycles. The molecule has 1 saturated heterocycles. The first-order valence-corrected chi connectivity index (χ1v) is 6.84. The van der Waals surface area contributed by atoms with Gasteiger partial charge in [0.25, 0.3) is 0 Å². The van der Waals surface area contributed by atoms with Gasteiger partial charge in [0.1, 0.15) is 12.6 Å². The molecule has 1 aliphatic heterocycles. The molecule has 1 unspecified atom stereocenters. The average molecular weight is 281 g/mol. The first kappa shape index (κ1) is 13.7. The van der Waals surface area contributed by atoms with E-state index < -0.39 is 6.04 Å². The van der Waals surface area contributed by atoms with E-state index in [4.69, 9.17) is 0 Å². The quantitative estimate of drug-likeness (QED) is 0.657. The molecule has 19 heavy (non-hydrogen) atoms. The molecule has 102 valence electrons. The van der Waals surface area contributed by atoms with Crippen LogP contribution in [0.5, 0.6) is 0 Å². The summed E-state index contributed by atoms with van der Waals surface area (Å²) in [5.74, 6) is -0.704. The molecule has 0 bridgehead atoms. The number of hydrogen-bond donors (Lipinski definition) is 1. The van der Waals surface area contributed by atoms with Crippen LogP contribution >= 0.6 is 11.3 Å². The lowest BCUT2D eigenvalue weighted by molar-refractivity contribution is -0.132. The third-order valence-electron chi connectivity index (χ3n) is 2.99. The molecule has 6 nitrogen and oxygen atoms in total. The van der Waals surface area contributed by atoms with E-state index in [-0.39, 0.29) is 24.1 Å². The van der Waals surface area contributed by atoms with Gasteiger partial charge in [-0.25, -0.2) is 4.98 Å². The summed E-state index contributed by atoms with van der Waals surface area (Å²) in [6.07, 6.45) is 0.577. The van der Waals surface area contributed by atoms with Crippen molar-refractivity contribution in [3.8, 4) is 0 Å². The minimum Gasteiger partial charge on any atom is -0.327 e. The molecule has 0 aliphatic carbocycles. The number of ketones is 1. The molecule has 1 aromatic rings. The summed E-state index contributed by atoms with van der Waals surface area (Å²) in [6.45, 7) is 5.20. The molecule has 2 heterocycles. The highest BCUT2D eigenvalue weighted by atomic mass is 32.1. The van der Waals surface area contributed by atoms with Crippen molar-refractivity contribution in [3.63, 3.8) is 0 Å². The fourth-order valence-corrected chi connectivity index (χ4v) is 3.12. The first-order chi connectivity index (χ1) is 8.93. The van der Waals surface area contributed by atoms with E-state index in [9.17, 15) is 14.4 Å². The van der Waals surface area contributed by atoms with Crippen LogP contribution in [0.4, 0.5) is 5.13 Å². The zero-order valence-corrected chi connectivity index (χ0v) is 11.8. The van der Waals surface area contributed by atoms with Crippen LogP contribution < -0.4 is 10.2 Å². The first-order valence-electron chi connectivity index (χ1n) is 6.02. The molecular weight excluding hydrogens is 266 g/mol. The van der Waals surface area contributed by atoms with Crippen molar-refractivity contribution < 1.29 is 14.4 Å². The van der Waals surface area contributed by atoms with Gasteiger partial charge in [-0.3, -0.25) is 19.7 Å². The topological polar surface area (TPSA) is 79.4 Å². The van der Waals surface area contributed by atoms with Crippen LogP contribution in [-0.4, -0.2) is 35.2 Å². The predicted octanol–water partition coefficient (Wildman–Crippen LogP) is 0.896. The number of nitrogens with one attached hydrogen (secondary N) is 1. The lowest BCUT2D eigenvalue weighted by Gasteiger charge is -2.32. The second-order valence-electron chi connectivity index (χ2n) is 4.43. The van der Waals surface area contributed by atoms with E-state index in [1.165, 1.54) is 18.3 Å². The molecule has 1 fully saturated rings. The van der Waals surface area contributed by atoms with Gasteiger partial charge in [-0.15, -0.1) is 0 Å². The number of aromatic nitrogens is 1. The van der Waals surface area contributed by atoms with Gasteiger partial charge < -0.3 is 4.90 Å². The number of Topliss-reactive ketones (excluding diaryl/α,β-unsaturated/α-hetero) is 1. The minimum absolute atomic E-state index is 0.0536. The second-order valence-corrected chi connectivity index (χ2v) is 5.41. The lowest BCUT2D eigenvalue weighted by atomic mass is 10.1. The molecule has 7 heteroatoms. The van der Waals surface area contributed by atoms with E-state index in [2.05, 4.69) is 10.3 Å². The Balaban J connectivity index is 2.38. The van der Waals surface area contributed by atoms with Gasteiger partial charge in [0.05, 0.1) is 10.6 Å². The minimum atomic E-state index is -0.414. The number of thiazole rings is 1. The highest BCUT2D eigenvalue weighted by Gasteiger charge is 2.34. The van der Waals surface area contributed by atoms with Gasteiger partial charge in [0, 0.05) is 6.92 Å². The van der Waals surface area contributed by atoms with Crippen molar-refractivity contribution in [2.45, 2.75) is 33.2 Å². The van der Waals surface area contributed by atoms with Crippen LogP contribution in [0.1, 0.15) is 35.6 Å².